The van der Waals surface area contributed by atoms with Crippen molar-refractivity contribution < 1.29 is 14.3 Å². The minimum Gasteiger partial charge on any atom is -0.482 e. The van der Waals surface area contributed by atoms with Crippen LogP contribution in [0.3, 0.4) is 0 Å². The predicted octanol–water partition coefficient (Wildman–Crippen LogP) is 0.996. The molecule has 0 spiro atoms. The van der Waals surface area contributed by atoms with Crippen LogP contribution in [-0.2, 0) is 9.59 Å². The molecule has 0 radical (unpaired) electrons. The van der Waals surface area contributed by atoms with Gasteiger partial charge in [-0.15, -0.1) is 0 Å². The van der Waals surface area contributed by atoms with E-state index in [1.54, 1.807) is 29.2 Å². The highest BCUT2D eigenvalue weighted by molar-refractivity contribution is 5.79. The molecule has 140 valence electrons. The molecular weight excluding hydrogens is 332 g/mol. The van der Waals surface area contributed by atoms with Gasteiger partial charge in [-0.25, -0.2) is 0 Å². The molecule has 1 heterocycles. The van der Waals surface area contributed by atoms with Gasteiger partial charge in [0, 0.05) is 32.2 Å². The molecule has 1 N–H and O–H groups in total. The standard InChI is InChI=1S/C19H26N4O3/c1-3-15(2)21-18(24)13-22-8-10-23(11-9-22)19(25)14-26-17-7-5-4-6-16(17)12-20/h4-7,15H,3,8-11,13-14H2,1-2H3,(H,21,24). The smallest absolute Gasteiger partial charge is 0.260 e. The summed E-state index contributed by atoms with van der Waals surface area (Å²) in [6, 6.07) is 9.08. The third-order valence-electron chi connectivity index (χ3n) is 4.47. The molecule has 1 aromatic rings. The fourth-order valence-electron chi connectivity index (χ4n) is 2.70. The lowest BCUT2D eigenvalue weighted by Gasteiger charge is -2.34. The molecule has 1 aliphatic heterocycles. The largest absolute Gasteiger partial charge is 0.482 e. The van der Waals surface area contributed by atoms with Crippen LogP contribution in [0.15, 0.2) is 24.3 Å². The Balaban J connectivity index is 1.74. The average Bonchev–Trinajstić information content (AvgIpc) is 2.66. The molecular formula is C19H26N4O3. The zero-order valence-electron chi connectivity index (χ0n) is 15.4. The summed E-state index contributed by atoms with van der Waals surface area (Å²) in [7, 11) is 0. The number of piperazine rings is 1. The van der Waals surface area contributed by atoms with Gasteiger partial charge in [-0.2, -0.15) is 5.26 Å². The van der Waals surface area contributed by atoms with E-state index in [0.717, 1.165) is 6.42 Å². The van der Waals surface area contributed by atoms with E-state index in [2.05, 4.69) is 5.32 Å². The van der Waals surface area contributed by atoms with E-state index in [1.807, 2.05) is 24.8 Å². The average molecular weight is 358 g/mol. The number of para-hydroxylation sites is 1. The second-order valence-electron chi connectivity index (χ2n) is 6.43. The minimum absolute atomic E-state index is 0.0237. The van der Waals surface area contributed by atoms with Crippen molar-refractivity contribution in [3.8, 4) is 11.8 Å². The van der Waals surface area contributed by atoms with E-state index >= 15 is 0 Å². The fourth-order valence-corrected chi connectivity index (χ4v) is 2.70. The highest BCUT2D eigenvalue weighted by atomic mass is 16.5. The summed E-state index contributed by atoms with van der Waals surface area (Å²) in [5.41, 5.74) is 0.414. The predicted molar refractivity (Wildman–Crippen MR) is 97.6 cm³/mol. The van der Waals surface area contributed by atoms with Gasteiger partial charge in [0.05, 0.1) is 12.1 Å². The number of carbonyl (C=O) groups is 2. The first-order valence-electron chi connectivity index (χ1n) is 8.95. The van der Waals surface area contributed by atoms with E-state index in [4.69, 9.17) is 10.00 Å². The van der Waals surface area contributed by atoms with Crippen LogP contribution in [0, 0.1) is 11.3 Å². The third kappa shape index (κ3) is 5.74. The zero-order chi connectivity index (χ0) is 18.9. The Morgan fingerprint density at radius 2 is 1.96 bits per heavy atom. The van der Waals surface area contributed by atoms with Crippen LogP contribution in [0.25, 0.3) is 0 Å². The van der Waals surface area contributed by atoms with Crippen molar-refractivity contribution in [1.82, 2.24) is 15.1 Å². The van der Waals surface area contributed by atoms with E-state index in [9.17, 15) is 9.59 Å². The number of nitrogens with zero attached hydrogens (tertiary/aromatic N) is 3. The summed E-state index contributed by atoms with van der Waals surface area (Å²) in [4.78, 5) is 28.0. The van der Waals surface area contributed by atoms with Gasteiger partial charge in [-0.1, -0.05) is 19.1 Å². The number of carbonyl (C=O) groups excluding carboxylic acids is 2. The molecule has 0 bridgehead atoms. The van der Waals surface area contributed by atoms with E-state index < -0.39 is 0 Å². The molecule has 1 atom stereocenters. The molecule has 0 saturated carbocycles. The first-order chi connectivity index (χ1) is 12.5. The Kier molecular flexibility index (Phi) is 7.42. The number of rotatable bonds is 7. The van der Waals surface area contributed by atoms with Crippen molar-refractivity contribution in [2.24, 2.45) is 0 Å². The van der Waals surface area contributed by atoms with Crippen LogP contribution in [0.1, 0.15) is 25.8 Å². The summed E-state index contributed by atoms with van der Waals surface area (Å²) < 4.78 is 5.50. The van der Waals surface area contributed by atoms with E-state index in [1.165, 1.54) is 0 Å². The van der Waals surface area contributed by atoms with Gasteiger partial charge in [0.15, 0.2) is 6.61 Å². The molecule has 7 heteroatoms. The van der Waals surface area contributed by atoms with Gasteiger partial charge in [0.25, 0.3) is 5.91 Å². The number of nitriles is 1. The number of nitrogens with one attached hydrogen (secondary N) is 1. The summed E-state index contributed by atoms with van der Waals surface area (Å²) in [5, 5.41) is 12.0. The minimum atomic E-state index is -0.110. The van der Waals surface area contributed by atoms with Crippen LogP contribution in [0.2, 0.25) is 0 Å². The molecule has 1 aromatic carbocycles. The summed E-state index contributed by atoms with van der Waals surface area (Å²) in [6.45, 7) is 6.75. The van der Waals surface area contributed by atoms with Crippen molar-refractivity contribution >= 4 is 11.8 Å². The van der Waals surface area contributed by atoms with Crippen molar-refractivity contribution in [3.05, 3.63) is 29.8 Å². The third-order valence-corrected chi connectivity index (χ3v) is 4.47. The van der Waals surface area contributed by atoms with Crippen molar-refractivity contribution in [3.63, 3.8) is 0 Å². The van der Waals surface area contributed by atoms with Gasteiger partial charge in [0.1, 0.15) is 11.8 Å². The van der Waals surface area contributed by atoms with Crippen molar-refractivity contribution in [2.45, 2.75) is 26.3 Å². The summed E-state index contributed by atoms with van der Waals surface area (Å²) >= 11 is 0. The second kappa shape index (κ2) is 9.78. The van der Waals surface area contributed by atoms with Gasteiger partial charge in [-0.3, -0.25) is 14.5 Å². The SMILES string of the molecule is CCC(C)NC(=O)CN1CCN(C(=O)COc2ccccc2C#N)CC1. The molecule has 0 aliphatic carbocycles. The van der Waals surface area contributed by atoms with E-state index in [0.29, 0.717) is 44.0 Å². The normalized spacial score (nSPS) is 15.8. The Hall–Kier alpha value is -2.59. The van der Waals surface area contributed by atoms with Gasteiger partial charge in [0.2, 0.25) is 5.91 Å². The monoisotopic (exact) mass is 358 g/mol. The van der Waals surface area contributed by atoms with Gasteiger partial charge >= 0.3 is 0 Å². The Bertz CT molecular complexity index is 663. The van der Waals surface area contributed by atoms with Gasteiger partial charge in [-0.05, 0) is 25.5 Å². The highest BCUT2D eigenvalue weighted by Gasteiger charge is 2.23. The molecule has 26 heavy (non-hydrogen) atoms. The zero-order valence-corrected chi connectivity index (χ0v) is 15.4. The lowest BCUT2D eigenvalue weighted by atomic mass is 10.2. The maximum absolute atomic E-state index is 12.3. The Morgan fingerprint density at radius 1 is 1.27 bits per heavy atom. The number of ether oxygens (including phenoxy) is 1. The maximum atomic E-state index is 12.3. The molecule has 1 unspecified atom stereocenters. The highest BCUT2D eigenvalue weighted by Crippen LogP contribution is 2.16. The van der Waals surface area contributed by atoms with Crippen LogP contribution in [0.5, 0.6) is 5.75 Å². The first kappa shape index (κ1) is 19.7. The van der Waals surface area contributed by atoms with Crippen LogP contribution in [0.4, 0.5) is 0 Å². The number of amides is 2. The number of benzene rings is 1. The quantitative estimate of drug-likeness (QED) is 0.786. The molecule has 2 rings (SSSR count). The second-order valence-corrected chi connectivity index (χ2v) is 6.43. The topological polar surface area (TPSA) is 85.7 Å². The van der Waals surface area contributed by atoms with Crippen LogP contribution < -0.4 is 10.1 Å². The summed E-state index contributed by atoms with van der Waals surface area (Å²) in [5.74, 6) is 0.334. The van der Waals surface area contributed by atoms with Crippen LogP contribution in [-0.4, -0.2) is 67.0 Å². The summed E-state index contributed by atoms with van der Waals surface area (Å²) in [6.07, 6.45) is 0.906. The number of hydrogen-bond acceptors (Lipinski definition) is 5. The molecule has 0 aromatic heterocycles. The molecule has 1 saturated heterocycles. The lowest BCUT2D eigenvalue weighted by Crippen LogP contribution is -2.52. The molecule has 1 fully saturated rings. The lowest BCUT2D eigenvalue weighted by molar-refractivity contribution is -0.135. The van der Waals surface area contributed by atoms with Crippen molar-refractivity contribution in [1.29, 1.82) is 5.26 Å². The molecule has 7 nitrogen and oxygen atoms in total. The Morgan fingerprint density at radius 3 is 2.62 bits per heavy atom. The van der Waals surface area contributed by atoms with Crippen molar-refractivity contribution in [2.75, 3.05) is 39.3 Å². The molecule has 2 amide bonds. The van der Waals surface area contributed by atoms with Crippen LogP contribution >= 0.6 is 0 Å². The van der Waals surface area contributed by atoms with E-state index in [-0.39, 0.29) is 24.5 Å². The Labute approximate surface area is 154 Å². The van der Waals surface area contributed by atoms with Gasteiger partial charge < -0.3 is 15.0 Å². The first-order valence-corrected chi connectivity index (χ1v) is 8.95. The number of hydrogen-bond donors (Lipinski definition) is 1. The fraction of sp³-hybridized carbons (Fsp3) is 0.526. The maximum Gasteiger partial charge on any atom is 0.260 e. The molecule has 1 aliphatic rings.